The van der Waals surface area contributed by atoms with Crippen LogP contribution in [0.4, 0.5) is 10.1 Å². The average molecular weight is 602 g/mol. The van der Waals surface area contributed by atoms with Crippen molar-refractivity contribution in [3.8, 4) is 0 Å². The molecule has 0 aliphatic rings. The standard InChI is InChI=1S/C34H36FN3O4S/c1-26(2)23-36-34(40)32(22-27-14-6-3-7-15-27)37(24-28-16-8-4-9-17-28)33(39)25-38(31-21-13-12-20-30(31)35)43(41,42)29-18-10-5-11-19-29/h3-21,26,32H,22-25H2,1-2H3,(H,36,40)/t32-/m0/s1. The SMILES string of the molecule is CC(C)CNC(=O)[C@H](Cc1ccccc1)N(Cc1ccccc1)C(=O)CN(c1ccccc1F)S(=O)(=O)c1ccccc1. The molecule has 4 rings (SSSR count). The molecular formula is C34H36FN3O4S. The van der Waals surface area contributed by atoms with Crippen molar-refractivity contribution in [3.05, 3.63) is 132 Å². The van der Waals surface area contributed by atoms with Crippen LogP contribution in [0, 0.1) is 11.7 Å². The first kappa shape index (κ1) is 31.4. The topological polar surface area (TPSA) is 86.8 Å². The van der Waals surface area contributed by atoms with E-state index in [-0.39, 0.29) is 35.4 Å². The maximum Gasteiger partial charge on any atom is 0.264 e. The van der Waals surface area contributed by atoms with Gasteiger partial charge in [-0.25, -0.2) is 12.8 Å². The molecule has 224 valence electrons. The third-order valence-corrected chi connectivity index (χ3v) is 8.66. The predicted octanol–water partition coefficient (Wildman–Crippen LogP) is 5.43. The maximum atomic E-state index is 15.1. The van der Waals surface area contributed by atoms with Crippen LogP contribution in [-0.2, 0) is 32.6 Å². The van der Waals surface area contributed by atoms with Gasteiger partial charge in [-0.1, -0.05) is 105 Å². The molecule has 0 unspecified atom stereocenters. The second-order valence-corrected chi connectivity index (χ2v) is 12.5. The van der Waals surface area contributed by atoms with Crippen LogP contribution < -0.4 is 9.62 Å². The Bertz CT molecular complexity index is 1600. The molecule has 0 aromatic heterocycles. The Hall–Kier alpha value is -4.50. The van der Waals surface area contributed by atoms with Crippen molar-refractivity contribution in [1.82, 2.24) is 10.2 Å². The Morgan fingerprint density at radius 3 is 1.88 bits per heavy atom. The van der Waals surface area contributed by atoms with E-state index < -0.39 is 34.3 Å². The number of benzene rings is 4. The number of para-hydroxylation sites is 1. The lowest BCUT2D eigenvalue weighted by molar-refractivity contribution is -0.140. The highest BCUT2D eigenvalue weighted by Crippen LogP contribution is 2.27. The number of nitrogens with zero attached hydrogens (tertiary/aromatic N) is 2. The number of amides is 2. The number of halogens is 1. The molecule has 1 N–H and O–H groups in total. The van der Waals surface area contributed by atoms with Crippen LogP contribution in [0.25, 0.3) is 0 Å². The third kappa shape index (κ3) is 8.29. The summed E-state index contributed by atoms with van der Waals surface area (Å²) in [6, 6.07) is 30.5. The van der Waals surface area contributed by atoms with E-state index in [1.54, 1.807) is 18.2 Å². The molecule has 0 bridgehead atoms. The van der Waals surface area contributed by atoms with Crippen molar-refractivity contribution < 1.29 is 22.4 Å². The van der Waals surface area contributed by atoms with Crippen molar-refractivity contribution in [2.75, 3.05) is 17.4 Å². The molecule has 43 heavy (non-hydrogen) atoms. The summed E-state index contributed by atoms with van der Waals surface area (Å²) in [5.74, 6) is -1.62. The van der Waals surface area contributed by atoms with Crippen LogP contribution in [0.2, 0.25) is 0 Å². The number of anilines is 1. The minimum absolute atomic E-state index is 0.0444. The van der Waals surface area contributed by atoms with Gasteiger partial charge in [-0.15, -0.1) is 0 Å². The lowest BCUT2D eigenvalue weighted by atomic mass is 10.0. The molecule has 0 saturated heterocycles. The zero-order chi connectivity index (χ0) is 30.8. The molecule has 9 heteroatoms. The van der Waals surface area contributed by atoms with Gasteiger partial charge in [0.05, 0.1) is 10.6 Å². The lowest BCUT2D eigenvalue weighted by Gasteiger charge is -2.34. The van der Waals surface area contributed by atoms with Crippen molar-refractivity contribution in [3.63, 3.8) is 0 Å². The first-order valence-corrected chi connectivity index (χ1v) is 15.6. The molecule has 4 aromatic rings. The van der Waals surface area contributed by atoms with Gasteiger partial charge in [-0.05, 0) is 41.3 Å². The van der Waals surface area contributed by atoms with E-state index in [1.165, 1.54) is 35.2 Å². The predicted molar refractivity (Wildman–Crippen MR) is 166 cm³/mol. The molecule has 7 nitrogen and oxygen atoms in total. The fourth-order valence-corrected chi connectivity index (χ4v) is 6.09. The second kappa shape index (κ2) is 14.6. The highest BCUT2D eigenvalue weighted by Gasteiger charge is 2.35. The van der Waals surface area contributed by atoms with Gasteiger partial charge in [-0.3, -0.25) is 13.9 Å². The molecule has 0 aliphatic heterocycles. The van der Waals surface area contributed by atoms with Gasteiger partial charge in [0.2, 0.25) is 11.8 Å². The van der Waals surface area contributed by atoms with E-state index >= 15 is 4.39 Å². The molecule has 2 amide bonds. The van der Waals surface area contributed by atoms with Crippen molar-refractivity contribution in [1.29, 1.82) is 0 Å². The molecule has 0 radical (unpaired) electrons. The number of carbonyl (C=O) groups excluding carboxylic acids is 2. The molecular weight excluding hydrogens is 565 g/mol. The van der Waals surface area contributed by atoms with Crippen LogP contribution in [0.1, 0.15) is 25.0 Å². The van der Waals surface area contributed by atoms with Gasteiger partial charge in [0.1, 0.15) is 18.4 Å². The fraction of sp³-hybridized carbons (Fsp3) is 0.235. The van der Waals surface area contributed by atoms with Gasteiger partial charge < -0.3 is 10.2 Å². The van der Waals surface area contributed by atoms with Crippen molar-refractivity contribution in [2.24, 2.45) is 5.92 Å². The Morgan fingerprint density at radius 1 is 0.767 bits per heavy atom. The van der Waals surface area contributed by atoms with Crippen LogP contribution in [0.5, 0.6) is 0 Å². The lowest BCUT2D eigenvalue weighted by Crippen LogP contribution is -2.53. The smallest absolute Gasteiger partial charge is 0.264 e. The van der Waals surface area contributed by atoms with Crippen LogP contribution >= 0.6 is 0 Å². The van der Waals surface area contributed by atoms with Gasteiger partial charge in [0.25, 0.3) is 10.0 Å². The normalized spacial score (nSPS) is 12.0. The molecule has 0 aliphatic carbocycles. The number of nitrogens with one attached hydrogen (secondary N) is 1. The van der Waals surface area contributed by atoms with Crippen molar-refractivity contribution in [2.45, 2.75) is 37.8 Å². The van der Waals surface area contributed by atoms with E-state index in [0.29, 0.717) is 6.54 Å². The first-order valence-electron chi connectivity index (χ1n) is 14.1. The van der Waals surface area contributed by atoms with Crippen molar-refractivity contribution >= 4 is 27.5 Å². The zero-order valence-electron chi connectivity index (χ0n) is 24.3. The number of hydrogen-bond donors (Lipinski definition) is 1. The fourth-order valence-electron chi connectivity index (χ4n) is 4.64. The van der Waals surface area contributed by atoms with Crippen LogP contribution in [-0.4, -0.2) is 44.3 Å². The van der Waals surface area contributed by atoms with Gasteiger partial charge in [-0.2, -0.15) is 0 Å². The van der Waals surface area contributed by atoms with Crippen LogP contribution in [0.3, 0.4) is 0 Å². The molecule has 1 atom stereocenters. The number of hydrogen-bond acceptors (Lipinski definition) is 4. The number of rotatable bonds is 13. The molecule has 0 fully saturated rings. The summed E-state index contributed by atoms with van der Waals surface area (Å²) in [6.07, 6.45) is 0.203. The molecule has 0 heterocycles. The monoisotopic (exact) mass is 601 g/mol. The summed E-state index contributed by atoms with van der Waals surface area (Å²) in [5, 5.41) is 2.95. The number of carbonyl (C=O) groups is 2. The molecule has 4 aromatic carbocycles. The summed E-state index contributed by atoms with van der Waals surface area (Å²) in [4.78, 5) is 29.3. The zero-order valence-corrected chi connectivity index (χ0v) is 25.1. The largest absolute Gasteiger partial charge is 0.354 e. The summed E-state index contributed by atoms with van der Waals surface area (Å²) in [7, 11) is -4.36. The van der Waals surface area contributed by atoms with Gasteiger partial charge in [0, 0.05) is 19.5 Å². The second-order valence-electron chi connectivity index (χ2n) is 10.6. The highest BCUT2D eigenvalue weighted by molar-refractivity contribution is 7.92. The van der Waals surface area contributed by atoms with Gasteiger partial charge in [0.15, 0.2) is 0 Å². The summed E-state index contributed by atoms with van der Waals surface area (Å²) in [5.41, 5.74) is 1.33. The maximum absolute atomic E-state index is 15.1. The van der Waals surface area contributed by atoms with E-state index in [0.717, 1.165) is 21.5 Å². The number of sulfonamides is 1. The summed E-state index contributed by atoms with van der Waals surface area (Å²) in [6.45, 7) is 3.68. The highest BCUT2D eigenvalue weighted by atomic mass is 32.2. The average Bonchev–Trinajstić information content (AvgIpc) is 3.02. The Morgan fingerprint density at radius 2 is 1.30 bits per heavy atom. The van der Waals surface area contributed by atoms with Gasteiger partial charge >= 0.3 is 0 Å². The quantitative estimate of drug-likeness (QED) is 0.221. The van der Waals surface area contributed by atoms with E-state index in [9.17, 15) is 18.0 Å². The molecule has 0 spiro atoms. The first-order chi connectivity index (χ1) is 20.7. The van der Waals surface area contributed by atoms with E-state index in [4.69, 9.17) is 0 Å². The Kier molecular flexibility index (Phi) is 10.7. The minimum atomic E-state index is -4.36. The summed E-state index contributed by atoms with van der Waals surface area (Å²) >= 11 is 0. The van der Waals surface area contributed by atoms with E-state index in [2.05, 4.69) is 5.32 Å². The van der Waals surface area contributed by atoms with E-state index in [1.807, 2.05) is 74.5 Å². The Labute approximate surface area is 253 Å². The van der Waals surface area contributed by atoms with Crippen LogP contribution in [0.15, 0.2) is 120 Å². The third-order valence-electron chi connectivity index (χ3n) is 6.88. The minimum Gasteiger partial charge on any atom is -0.354 e. The Balaban J connectivity index is 1.78. The summed E-state index contributed by atoms with van der Waals surface area (Å²) < 4.78 is 43.7. The molecule has 0 saturated carbocycles.